The van der Waals surface area contributed by atoms with Gasteiger partial charge in [0, 0.05) is 30.0 Å². The van der Waals surface area contributed by atoms with E-state index in [0.717, 1.165) is 37.1 Å². The summed E-state index contributed by atoms with van der Waals surface area (Å²) >= 11 is 0. The molecule has 0 bridgehead atoms. The quantitative estimate of drug-likeness (QED) is 0.379. The van der Waals surface area contributed by atoms with E-state index in [1.165, 1.54) is 13.2 Å². The Morgan fingerprint density at radius 3 is 2.16 bits per heavy atom. The average molecular weight is 537 g/mol. The van der Waals surface area contributed by atoms with Crippen LogP contribution in [-0.2, 0) is 14.8 Å². The zero-order chi connectivity index (χ0) is 27.3. The SMILES string of the molecule is COc1ccc(NS(=O)(=O)c2cc(NC(=O)CNC(=O)c3cc(C)cc(C)c3)ccc2N2CCCC2)cc1. The average Bonchev–Trinajstić information content (AvgIpc) is 3.42. The molecule has 0 saturated carbocycles. The van der Waals surface area contributed by atoms with Gasteiger partial charge < -0.3 is 20.3 Å². The second-order valence-electron chi connectivity index (χ2n) is 9.32. The van der Waals surface area contributed by atoms with E-state index < -0.39 is 15.9 Å². The molecule has 0 atom stereocenters. The molecule has 1 saturated heterocycles. The van der Waals surface area contributed by atoms with Crippen LogP contribution in [0.15, 0.2) is 65.6 Å². The molecule has 200 valence electrons. The third-order valence-corrected chi connectivity index (χ3v) is 7.63. The standard InChI is InChI=1S/C28H32N4O5S/c1-19-14-20(2)16-21(15-19)28(34)29-18-27(33)30-23-8-11-25(32-12-4-5-13-32)26(17-23)38(35,36)31-22-6-9-24(37-3)10-7-22/h6-11,14-17,31H,4-5,12-13,18H2,1-3H3,(H,29,34)(H,30,33). The van der Waals surface area contributed by atoms with E-state index in [1.54, 1.807) is 48.5 Å². The predicted octanol–water partition coefficient (Wildman–Crippen LogP) is 4.08. The lowest BCUT2D eigenvalue weighted by molar-refractivity contribution is -0.115. The van der Waals surface area contributed by atoms with Gasteiger partial charge in [-0.05, 0) is 81.3 Å². The molecule has 0 aliphatic carbocycles. The van der Waals surface area contributed by atoms with E-state index >= 15 is 0 Å². The molecule has 0 spiro atoms. The summed E-state index contributed by atoms with van der Waals surface area (Å²) in [6, 6.07) is 16.9. The van der Waals surface area contributed by atoms with E-state index in [2.05, 4.69) is 15.4 Å². The summed E-state index contributed by atoms with van der Waals surface area (Å²) in [7, 11) is -2.44. The van der Waals surface area contributed by atoms with Gasteiger partial charge in [0.2, 0.25) is 5.91 Å². The van der Waals surface area contributed by atoms with E-state index in [-0.39, 0.29) is 17.3 Å². The maximum absolute atomic E-state index is 13.5. The van der Waals surface area contributed by atoms with Crippen LogP contribution < -0.4 is 25.0 Å². The summed E-state index contributed by atoms with van der Waals surface area (Å²) < 4.78 is 34.7. The lowest BCUT2D eigenvalue weighted by Gasteiger charge is -2.22. The van der Waals surface area contributed by atoms with Crippen LogP contribution in [0.3, 0.4) is 0 Å². The van der Waals surface area contributed by atoms with E-state index in [0.29, 0.717) is 28.4 Å². The summed E-state index contributed by atoms with van der Waals surface area (Å²) in [5.74, 6) is -0.216. The first-order valence-corrected chi connectivity index (χ1v) is 13.8. The molecule has 3 aromatic carbocycles. The first-order chi connectivity index (χ1) is 18.1. The first-order valence-electron chi connectivity index (χ1n) is 12.4. The molecular weight excluding hydrogens is 504 g/mol. The highest BCUT2D eigenvalue weighted by Crippen LogP contribution is 2.32. The maximum atomic E-state index is 13.5. The van der Waals surface area contributed by atoms with Crippen molar-refractivity contribution in [3.63, 3.8) is 0 Å². The van der Waals surface area contributed by atoms with Crippen LogP contribution >= 0.6 is 0 Å². The van der Waals surface area contributed by atoms with Gasteiger partial charge in [0.05, 0.1) is 19.3 Å². The van der Waals surface area contributed by atoms with Gasteiger partial charge in [-0.2, -0.15) is 0 Å². The Hall–Kier alpha value is -4.05. The van der Waals surface area contributed by atoms with E-state index in [1.807, 2.05) is 24.8 Å². The monoisotopic (exact) mass is 536 g/mol. The van der Waals surface area contributed by atoms with Crippen molar-refractivity contribution in [1.82, 2.24) is 5.32 Å². The number of nitrogens with one attached hydrogen (secondary N) is 3. The molecule has 38 heavy (non-hydrogen) atoms. The summed E-state index contributed by atoms with van der Waals surface area (Å²) in [6.07, 6.45) is 1.95. The number of anilines is 3. The number of rotatable bonds is 9. The maximum Gasteiger partial charge on any atom is 0.264 e. The number of hydrogen-bond acceptors (Lipinski definition) is 6. The van der Waals surface area contributed by atoms with Crippen molar-refractivity contribution < 1.29 is 22.7 Å². The van der Waals surface area contributed by atoms with Crippen molar-refractivity contribution in [2.75, 3.05) is 41.7 Å². The molecule has 3 aromatic rings. The largest absolute Gasteiger partial charge is 0.497 e. The van der Waals surface area contributed by atoms with Crippen LogP contribution in [0.2, 0.25) is 0 Å². The van der Waals surface area contributed by atoms with Gasteiger partial charge in [-0.25, -0.2) is 8.42 Å². The molecule has 0 unspecified atom stereocenters. The molecule has 2 amide bonds. The number of methoxy groups -OCH3 is 1. The van der Waals surface area contributed by atoms with Crippen LogP contribution in [0.25, 0.3) is 0 Å². The Morgan fingerprint density at radius 2 is 1.53 bits per heavy atom. The molecular formula is C28H32N4O5S. The number of benzene rings is 3. The Morgan fingerprint density at radius 1 is 0.895 bits per heavy atom. The van der Waals surface area contributed by atoms with Crippen LogP contribution in [0, 0.1) is 13.8 Å². The van der Waals surface area contributed by atoms with Crippen molar-refractivity contribution in [3.8, 4) is 5.75 Å². The number of carbonyl (C=O) groups excluding carboxylic acids is 2. The minimum absolute atomic E-state index is 0.0623. The number of sulfonamides is 1. The minimum atomic E-state index is -3.98. The lowest BCUT2D eigenvalue weighted by Crippen LogP contribution is -2.33. The molecule has 0 radical (unpaired) electrons. The molecule has 1 aliphatic heterocycles. The van der Waals surface area contributed by atoms with Crippen molar-refractivity contribution in [2.45, 2.75) is 31.6 Å². The third-order valence-electron chi connectivity index (χ3n) is 6.22. The molecule has 0 aromatic heterocycles. The zero-order valence-corrected chi connectivity index (χ0v) is 22.5. The molecule has 3 N–H and O–H groups in total. The second kappa shape index (κ2) is 11.6. The van der Waals surface area contributed by atoms with Gasteiger partial charge in [0.1, 0.15) is 10.6 Å². The van der Waals surface area contributed by atoms with E-state index in [4.69, 9.17) is 4.74 Å². The summed E-state index contributed by atoms with van der Waals surface area (Å²) in [6.45, 7) is 5.04. The predicted molar refractivity (Wildman–Crippen MR) is 149 cm³/mol. The number of aryl methyl sites for hydroxylation is 2. The Labute approximate surface area is 223 Å². The fraction of sp³-hybridized carbons (Fsp3) is 0.286. The molecule has 1 heterocycles. The summed E-state index contributed by atoms with van der Waals surface area (Å²) in [5.41, 5.74) is 3.66. The Kier molecular flexibility index (Phi) is 8.21. The topological polar surface area (TPSA) is 117 Å². The highest BCUT2D eigenvalue weighted by atomic mass is 32.2. The van der Waals surface area contributed by atoms with Gasteiger partial charge in [0.25, 0.3) is 15.9 Å². The van der Waals surface area contributed by atoms with Crippen molar-refractivity contribution in [2.24, 2.45) is 0 Å². The summed E-state index contributed by atoms with van der Waals surface area (Å²) in [4.78, 5) is 27.2. The van der Waals surface area contributed by atoms with Gasteiger partial charge in [0.15, 0.2) is 0 Å². The van der Waals surface area contributed by atoms with Gasteiger partial charge in [-0.15, -0.1) is 0 Å². The first kappa shape index (κ1) is 27.0. The Balaban J connectivity index is 1.51. The van der Waals surface area contributed by atoms with Crippen LogP contribution in [0.1, 0.15) is 34.3 Å². The van der Waals surface area contributed by atoms with Crippen molar-refractivity contribution >= 4 is 38.9 Å². The number of carbonyl (C=O) groups is 2. The number of nitrogens with zero attached hydrogens (tertiary/aromatic N) is 1. The Bertz CT molecular complexity index is 1410. The number of ether oxygens (including phenoxy) is 1. The molecule has 10 heteroatoms. The highest BCUT2D eigenvalue weighted by molar-refractivity contribution is 7.92. The normalized spacial score (nSPS) is 13.2. The van der Waals surface area contributed by atoms with E-state index in [9.17, 15) is 18.0 Å². The van der Waals surface area contributed by atoms with Crippen LogP contribution in [0.5, 0.6) is 5.75 Å². The smallest absolute Gasteiger partial charge is 0.264 e. The lowest BCUT2D eigenvalue weighted by atomic mass is 10.1. The molecule has 1 aliphatic rings. The third kappa shape index (κ3) is 6.63. The van der Waals surface area contributed by atoms with Crippen LogP contribution in [-0.4, -0.2) is 47.0 Å². The van der Waals surface area contributed by atoms with Gasteiger partial charge in [-0.3, -0.25) is 14.3 Å². The second-order valence-corrected chi connectivity index (χ2v) is 11.0. The highest BCUT2D eigenvalue weighted by Gasteiger charge is 2.25. The van der Waals surface area contributed by atoms with Crippen molar-refractivity contribution in [1.29, 1.82) is 0 Å². The molecule has 9 nitrogen and oxygen atoms in total. The van der Waals surface area contributed by atoms with Crippen LogP contribution in [0.4, 0.5) is 17.1 Å². The van der Waals surface area contributed by atoms with Gasteiger partial charge >= 0.3 is 0 Å². The van der Waals surface area contributed by atoms with Crippen molar-refractivity contribution in [3.05, 3.63) is 77.4 Å². The fourth-order valence-corrected chi connectivity index (χ4v) is 5.78. The molecule has 1 fully saturated rings. The fourth-order valence-electron chi connectivity index (χ4n) is 4.47. The van der Waals surface area contributed by atoms with Gasteiger partial charge in [-0.1, -0.05) is 17.2 Å². The number of hydrogen-bond donors (Lipinski definition) is 3. The summed E-state index contributed by atoms with van der Waals surface area (Å²) in [5, 5.41) is 5.32. The number of amides is 2. The molecule has 4 rings (SSSR count). The zero-order valence-electron chi connectivity index (χ0n) is 21.7. The minimum Gasteiger partial charge on any atom is -0.497 e.